The maximum atomic E-state index is 11.2. The summed E-state index contributed by atoms with van der Waals surface area (Å²) in [5.41, 5.74) is 0. The number of carbonyl (C=O) groups is 1. The molecule has 0 atom stereocenters. The third-order valence-electron chi connectivity index (χ3n) is 2.33. The minimum atomic E-state index is 0.00508. The highest BCUT2D eigenvalue weighted by atomic mass is 32.1. The molecule has 0 aromatic heterocycles. The van der Waals surface area contributed by atoms with E-state index in [1.165, 1.54) is 25.7 Å². The van der Waals surface area contributed by atoms with Gasteiger partial charge in [-0.05, 0) is 18.6 Å². The van der Waals surface area contributed by atoms with Gasteiger partial charge in [0.05, 0.1) is 0 Å². The van der Waals surface area contributed by atoms with E-state index in [9.17, 15) is 4.79 Å². The number of amides is 1. The van der Waals surface area contributed by atoms with Gasteiger partial charge in [-0.2, -0.15) is 0 Å². The fraction of sp³-hybridized carbons (Fsp3) is 0.800. The zero-order valence-corrected chi connectivity index (χ0v) is 9.44. The summed E-state index contributed by atoms with van der Waals surface area (Å²) in [4.78, 5) is 12.8. The smallest absolute Gasteiger partial charge is 0.267 e. The molecule has 0 N–H and O–H groups in total. The molecule has 0 spiro atoms. The lowest BCUT2D eigenvalue weighted by Gasteiger charge is -2.12. The van der Waals surface area contributed by atoms with Crippen LogP contribution in [0.1, 0.15) is 39.0 Å². The summed E-state index contributed by atoms with van der Waals surface area (Å²) in [6.07, 6.45) is 5.95. The summed E-state index contributed by atoms with van der Waals surface area (Å²) in [6, 6.07) is 0. The molecule has 0 aromatic rings. The first kappa shape index (κ1) is 11.4. The van der Waals surface area contributed by atoms with E-state index in [2.05, 4.69) is 6.92 Å². The molecular formula is C10H17NO2S. The van der Waals surface area contributed by atoms with E-state index in [0.29, 0.717) is 5.17 Å². The van der Waals surface area contributed by atoms with Crippen LogP contribution in [0.5, 0.6) is 0 Å². The molecule has 0 unspecified atom stereocenters. The number of ether oxygens (including phenoxy) is 1. The Morgan fingerprint density at radius 3 is 2.64 bits per heavy atom. The van der Waals surface area contributed by atoms with E-state index in [1.807, 2.05) is 0 Å². The third kappa shape index (κ3) is 3.25. The van der Waals surface area contributed by atoms with Gasteiger partial charge < -0.3 is 4.74 Å². The number of nitrogens with zero attached hydrogens (tertiary/aromatic N) is 1. The Bertz CT molecular complexity index is 202. The van der Waals surface area contributed by atoms with Crippen LogP contribution in [0, 0.1) is 0 Å². The molecule has 80 valence electrons. The van der Waals surface area contributed by atoms with E-state index in [1.54, 1.807) is 4.90 Å². The number of hydrogen-bond donors (Lipinski definition) is 0. The number of carbonyl (C=O) groups excluding carboxylic acids is 1. The van der Waals surface area contributed by atoms with Gasteiger partial charge in [-0.3, -0.25) is 9.69 Å². The first-order chi connectivity index (χ1) is 6.75. The van der Waals surface area contributed by atoms with E-state index in [0.717, 1.165) is 13.0 Å². The highest BCUT2D eigenvalue weighted by Gasteiger charge is 2.26. The van der Waals surface area contributed by atoms with Crippen molar-refractivity contribution >= 4 is 23.3 Å². The monoisotopic (exact) mass is 215 g/mol. The molecule has 1 saturated heterocycles. The maximum absolute atomic E-state index is 11.2. The Morgan fingerprint density at radius 1 is 1.36 bits per heavy atom. The number of rotatable bonds is 6. The van der Waals surface area contributed by atoms with Crippen LogP contribution in [0.3, 0.4) is 0 Å². The topological polar surface area (TPSA) is 29.5 Å². The highest BCUT2D eigenvalue weighted by Crippen LogP contribution is 2.09. The van der Waals surface area contributed by atoms with Crippen LogP contribution >= 0.6 is 12.2 Å². The van der Waals surface area contributed by atoms with Crippen LogP contribution in [0.4, 0.5) is 0 Å². The lowest BCUT2D eigenvalue weighted by molar-refractivity contribution is -0.125. The first-order valence-corrected chi connectivity index (χ1v) is 5.63. The predicted molar refractivity (Wildman–Crippen MR) is 59.0 cm³/mol. The second-order valence-corrected chi connectivity index (χ2v) is 3.86. The van der Waals surface area contributed by atoms with Crippen molar-refractivity contribution in [1.82, 2.24) is 4.90 Å². The van der Waals surface area contributed by atoms with Crippen LogP contribution in [-0.2, 0) is 9.53 Å². The molecule has 0 radical (unpaired) electrons. The Balaban J connectivity index is 2.11. The summed E-state index contributed by atoms with van der Waals surface area (Å²) < 4.78 is 4.96. The number of unbranched alkanes of at least 4 members (excludes halogenated alkanes) is 4. The van der Waals surface area contributed by atoms with Crippen molar-refractivity contribution in [3.05, 3.63) is 0 Å². The average molecular weight is 215 g/mol. The fourth-order valence-corrected chi connectivity index (χ4v) is 1.72. The Hall–Kier alpha value is -0.640. The molecule has 0 aliphatic carbocycles. The van der Waals surface area contributed by atoms with E-state index >= 15 is 0 Å². The molecule has 1 fully saturated rings. The van der Waals surface area contributed by atoms with Crippen molar-refractivity contribution in [3.8, 4) is 0 Å². The lowest BCUT2D eigenvalue weighted by Crippen LogP contribution is -2.29. The van der Waals surface area contributed by atoms with Crippen molar-refractivity contribution in [2.75, 3.05) is 13.2 Å². The quantitative estimate of drug-likeness (QED) is 0.502. The van der Waals surface area contributed by atoms with Gasteiger partial charge in [0.1, 0.15) is 0 Å². The van der Waals surface area contributed by atoms with Crippen molar-refractivity contribution in [2.45, 2.75) is 39.0 Å². The molecule has 0 saturated carbocycles. The highest BCUT2D eigenvalue weighted by molar-refractivity contribution is 7.80. The first-order valence-electron chi connectivity index (χ1n) is 5.23. The Kier molecular flexibility index (Phi) is 4.87. The van der Waals surface area contributed by atoms with Crippen LogP contribution in [0.15, 0.2) is 0 Å². The number of hydrogen-bond acceptors (Lipinski definition) is 3. The Labute approximate surface area is 90.4 Å². The van der Waals surface area contributed by atoms with Gasteiger partial charge in [0.15, 0.2) is 6.61 Å². The molecule has 0 bridgehead atoms. The molecule has 1 amide bonds. The normalized spacial score (nSPS) is 16.2. The molecule has 4 heteroatoms. The fourth-order valence-electron chi connectivity index (χ4n) is 1.47. The van der Waals surface area contributed by atoms with Gasteiger partial charge in [0.25, 0.3) is 11.1 Å². The van der Waals surface area contributed by atoms with Crippen molar-refractivity contribution < 1.29 is 9.53 Å². The minimum Gasteiger partial charge on any atom is -0.460 e. The van der Waals surface area contributed by atoms with Crippen LogP contribution in [0.2, 0.25) is 0 Å². The van der Waals surface area contributed by atoms with E-state index in [-0.39, 0.29) is 12.5 Å². The molecular weight excluding hydrogens is 198 g/mol. The van der Waals surface area contributed by atoms with Crippen molar-refractivity contribution in [2.24, 2.45) is 0 Å². The summed E-state index contributed by atoms with van der Waals surface area (Å²) >= 11 is 4.90. The largest absolute Gasteiger partial charge is 0.460 e. The zero-order valence-electron chi connectivity index (χ0n) is 8.62. The van der Waals surface area contributed by atoms with Crippen molar-refractivity contribution in [1.29, 1.82) is 0 Å². The summed E-state index contributed by atoms with van der Waals surface area (Å²) in [6.45, 7) is 3.04. The van der Waals surface area contributed by atoms with Crippen LogP contribution in [0.25, 0.3) is 0 Å². The van der Waals surface area contributed by atoms with Crippen LogP contribution in [-0.4, -0.2) is 29.1 Å². The third-order valence-corrected chi connectivity index (χ3v) is 2.66. The summed E-state index contributed by atoms with van der Waals surface area (Å²) in [5.74, 6) is 0.00508. The van der Waals surface area contributed by atoms with Gasteiger partial charge in [-0.25, -0.2) is 0 Å². The molecule has 1 aliphatic rings. The van der Waals surface area contributed by atoms with E-state index in [4.69, 9.17) is 17.0 Å². The molecule has 0 aromatic carbocycles. The molecule has 1 aliphatic heterocycles. The maximum Gasteiger partial charge on any atom is 0.267 e. The standard InChI is InChI=1S/C10H17NO2S/c1-2-3-4-5-6-7-11-9(12)8-13-10(11)14/h2-8H2,1H3. The Morgan fingerprint density at radius 2 is 2.07 bits per heavy atom. The van der Waals surface area contributed by atoms with Gasteiger partial charge in [-0.1, -0.05) is 32.6 Å². The minimum absolute atomic E-state index is 0.00508. The molecule has 14 heavy (non-hydrogen) atoms. The van der Waals surface area contributed by atoms with Gasteiger partial charge in [0.2, 0.25) is 0 Å². The number of thiocarbonyl (C=S) groups is 1. The summed E-state index contributed by atoms with van der Waals surface area (Å²) in [7, 11) is 0. The SMILES string of the molecule is CCCCCCCN1C(=O)COC1=S. The average Bonchev–Trinajstić information content (AvgIpc) is 2.48. The predicted octanol–water partition coefficient (Wildman–Crippen LogP) is 2.10. The lowest BCUT2D eigenvalue weighted by atomic mass is 10.1. The van der Waals surface area contributed by atoms with E-state index < -0.39 is 0 Å². The second-order valence-electron chi connectivity index (χ2n) is 3.51. The van der Waals surface area contributed by atoms with Crippen molar-refractivity contribution in [3.63, 3.8) is 0 Å². The molecule has 1 rings (SSSR count). The zero-order chi connectivity index (χ0) is 10.4. The molecule has 1 heterocycles. The summed E-state index contributed by atoms with van der Waals surface area (Å²) in [5, 5.41) is 0.352. The second kappa shape index (κ2) is 5.96. The van der Waals surface area contributed by atoms with Gasteiger partial charge in [0, 0.05) is 6.54 Å². The van der Waals surface area contributed by atoms with Gasteiger partial charge >= 0.3 is 0 Å². The van der Waals surface area contributed by atoms with Gasteiger partial charge in [-0.15, -0.1) is 0 Å². The molecule has 3 nitrogen and oxygen atoms in total. The van der Waals surface area contributed by atoms with Crippen LogP contribution < -0.4 is 0 Å².